The van der Waals surface area contributed by atoms with Crippen molar-refractivity contribution in [2.24, 2.45) is 0 Å². The molecule has 2 aromatic rings. The first-order valence-electron chi connectivity index (χ1n) is 8.05. The second kappa shape index (κ2) is 7.53. The Morgan fingerprint density at radius 1 is 1.20 bits per heavy atom. The molecule has 0 bridgehead atoms. The van der Waals surface area contributed by atoms with Crippen molar-refractivity contribution in [1.82, 2.24) is 0 Å². The van der Waals surface area contributed by atoms with Crippen molar-refractivity contribution in [2.75, 3.05) is 11.5 Å². The summed E-state index contributed by atoms with van der Waals surface area (Å²) in [5.41, 5.74) is 2.86. The molecule has 2 aromatic carbocycles. The standard InChI is InChI=1S/C20H18ClNO3/c1-14-12-16-4-2-3-5-18(16)22(14)19(23)13-25-20(24)11-8-15-6-9-17(21)10-7-15/h2-11,14H,12-13H2,1H3/b11-8+. The van der Waals surface area contributed by atoms with Gasteiger partial charge in [0.05, 0.1) is 0 Å². The number of rotatable bonds is 4. The van der Waals surface area contributed by atoms with Gasteiger partial charge in [0.15, 0.2) is 6.61 Å². The highest BCUT2D eigenvalue weighted by Gasteiger charge is 2.30. The molecule has 0 N–H and O–H groups in total. The summed E-state index contributed by atoms with van der Waals surface area (Å²) in [7, 11) is 0. The van der Waals surface area contributed by atoms with Crippen LogP contribution in [0, 0.1) is 0 Å². The molecule has 0 saturated heterocycles. The smallest absolute Gasteiger partial charge is 0.331 e. The van der Waals surface area contributed by atoms with Crippen LogP contribution in [0.15, 0.2) is 54.6 Å². The van der Waals surface area contributed by atoms with Crippen LogP contribution in [0.25, 0.3) is 6.08 Å². The third-order valence-corrected chi connectivity index (χ3v) is 4.35. The minimum absolute atomic E-state index is 0.0632. The number of fused-ring (bicyclic) bond motifs is 1. The molecule has 0 saturated carbocycles. The average Bonchev–Trinajstić information content (AvgIpc) is 2.95. The number of carbonyl (C=O) groups is 2. The lowest BCUT2D eigenvalue weighted by molar-refractivity contribution is -0.143. The number of amides is 1. The first kappa shape index (κ1) is 17.2. The predicted octanol–water partition coefficient (Wildman–Crippen LogP) is 3.87. The number of hydrogen-bond acceptors (Lipinski definition) is 3. The lowest BCUT2D eigenvalue weighted by atomic mass is 10.1. The van der Waals surface area contributed by atoms with Gasteiger partial charge in [0.2, 0.25) is 0 Å². The summed E-state index contributed by atoms with van der Waals surface area (Å²) in [6.07, 6.45) is 3.74. The van der Waals surface area contributed by atoms with E-state index in [1.807, 2.05) is 31.2 Å². The minimum atomic E-state index is -0.552. The van der Waals surface area contributed by atoms with E-state index in [0.717, 1.165) is 23.2 Å². The third-order valence-electron chi connectivity index (χ3n) is 4.10. The molecule has 1 heterocycles. The first-order chi connectivity index (χ1) is 12.0. The van der Waals surface area contributed by atoms with Crippen LogP contribution in [0.1, 0.15) is 18.1 Å². The maximum atomic E-state index is 12.4. The lowest BCUT2D eigenvalue weighted by Crippen LogP contribution is -2.38. The largest absolute Gasteiger partial charge is 0.452 e. The molecule has 1 atom stereocenters. The average molecular weight is 356 g/mol. The van der Waals surface area contributed by atoms with Crippen LogP contribution < -0.4 is 4.90 Å². The zero-order valence-corrected chi connectivity index (χ0v) is 14.6. The SMILES string of the molecule is CC1Cc2ccccc2N1C(=O)COC(=O)/C=C/c1ccc(Cl)cc1. The fourth-order valence-electron chi connectivity index (χ4n) is 2.93. The summed E-state index contributed by atoms with van der Waals surface area (Å²) in [5.74, 6) is -0.769. The fourth-order valence-corrected chi connectivity index (χ4v) is 3.06. The monoisotopic (exact) mass is 355 g/mol. The summed E-state index contributed by atoms with van der Waals surface area (Å²) in [4.78, 5) is 26.0. The van der Waals surface area contributed by atoms with Crippen LogP contribution in [0.2, 0.25) is 5.02 Å². The van der Waals surface area contributed by atoms with Crippen LogP contribution in [-0.2, 0) is 20.7 Å². The number of anilines is 1. The normalized spacial score (nSPS) is 16.1. The molecule has 5 heteroatoms. The van der Waals surface area contributed by atoms with Crippen molar-refractivity contribution in [3.05, 3.63) is 70.8 Å². The van der Waals surface area contributed by atoms with Gasteiger partial charge in [-0.15, -0.1) is 0 Å². The molecule has 1 aliphatic rings. The van der Waals surface area contributed by atoms with E-state index in [2.05, 4.69) is 0 Å². The van der Waals surface area contributed by atoms with Crippen LogP contribution in [0.5, 0.6) is 0 Å². The minimum Gasteiger partial charge on any atom is -0.452 e. The highest BCUT2D eigenvalue weighted by atomic mass is 35.5. The van der Waals surface area contributed by atoms with Gasteiger partial charge in [-0.3, -0.25) is 4.79 Å². The summed E-state index contributed by atoms with van der Waals surface area (Å²) >= 11 is 5.81. The van der Waals surface area contributed by atoms with Crippen LogP contribution in [0.3, 0.4) is 0 Å². The summed E-state index contributed by atoms with van der Waals surface area (Å²) < 4.78 is 5.08. The zero-order valence-electron chi connectivity index (χ0n) is 13.8. The summed E-state index contributed by atoms with van der Waals surface area (Å²) in [6, 6.07) is 14.9. The van der Waals surface area contributed by atoms with Gasteiger partial charge >= 0.3 is 5.97 Å². The lowest BCUT2D eigenvalue weighted by Gasteiger charge is -2.22. The first-order valence-corrected chi connectivity index (χ1v) is 8.43. The summed E-state index contributed by atoms with van der Waals surface area (Å²) in [6.45, 7) is 1.71. The fraction of sp³-hybridized carbons (Fsp3) is 0.200. The number of nitrogens with zero attached hydrogens (tertiary/aromatic N) is 1. The van der Waals surface area contributed by atoms with E-state index < -0.39 is 5.97 Å². The van der Waals surface area contributed by atoms with Gasteiger partial charge in [-0.05, 0) is 48.7 Å². The predicted molar refractivity (Wildman–Crippen MR) is 98.5 cm³/mol. The van der Waals surface area contributed by atoms with Gasteiger partial charge in [-0.25, -0.2) is 4.79 Å². The van der Waals surface area contributed by atoms with Gasteiger partial charge in [-0.1, -0.05) is 41.9 Å². The Bertz CT molecular complexity index is 814. The van der Waals surface area contributed by atoms with E-state index in [0.29, 0.717) is 5.02 Å². The Hall–Kier alpha value is -2.59. The van der Waals surface area contributed by atoms with Crippen LogP contribution >= 0.6 is 11.6 Å². The Morgan fingerprint density at radius 3 is 2.68 bits per heavy atom. The van der Waals surface area contributed by atoms with Gasteiger partial charge in [-0.2, -0.15) is 0 Å². The molecule has 4 nitrogen and oxygen atoms in total. The molecule has 3 rings (SSSR count). The molecule has 0 aromatic heterocycles. The quantitative estimate of drug-likeness (QED) is 0.617. The van der Waals surface area contributed by atoms with Crippen molar-refractivity contribution in [2.45, 2.75) is 19.4 Å². The van der Waals surface area contributed by atoms with Gasteiger partial charge in [0.1, 0.15) is 0 Å². The highest BCUT2D eigenvalue weighted by Crippen LogP contribution is 2.31. The molecule has 0 aliphatic carbocycles. The van der Waals surface area contributed by atoms with Gasteiger partial charge in [0, 0.05) is 22.8 Å². The van der Waals surface area contributed by atoms with E-state index in [-0.39, 0.29) is 18.6 Å². The zero-order chi connectivity index (χ0) is 17.8. The molecular formula is C20H18ClNO3. The van der Waals surface area contributed by atoms with Crippen molar-refractivity contribution in [1.29, 1.82) is 0 Å². The van der Waals surface area contributed by atoms with E-state index in [1.54, 1.807) is 35.2 Å². The Balaban J connectivity index is 1.57. The number of ether oxygens (including phenoxy) is 1. The van der Waals surface area contributed by atoms with E-state index in [4.69, 9.17) is 16.3 Å². The molecule has 0 radical (unpaired) electrons. The summed E-state index contributed by atoms with van der Waals surface area (Å²) in [5, 5.41) is 0.630. The topological polar surface area (TPSA) is 46.6 Å². The van der Waals surface area contributed by atoms with E-state index in [1.165, 1.54) is 6.08 Å². The number of halogens is 1. The van der Waals surface area contributed by atoms with Crippen molar-refractivity contribution < 1.29 is 14.3 Å². The second-order valence-electron chi connectivity index (χ2n) is 5.94. The molecule has 1 unspecified atom stereocenters. The number of benzene rings is 2. The molecule has 0 fully saturated rings. The number of hydrogen-bond donors (Lipinski definition) is 0. The number of esters is 1. The Kier molecular flexibility index (Phi) is 5.19. The molecule has 128 valence electrons. The number of para-hydroxylation sites is 1. The molecule has 0 spiro atoms. The molecule has 25 heavy (non-hydrogen) atoms. The van der Waals surface area contributed by atoms with Crippen LogP contribution in [0.4, 0.5) is 5.69 Å². The maximum absolute atomic E-state index is 12.4. The second-order valence-corrected chi connectivity index (χ2v) is 6.37. The Labute approximate surface area is 151 Å². The number of carbonyl (C=O) groups excluding carboxylic acids is 2. The van der Waals surface area contributed by atoms with Crippen molar-refractivity contribution in [3.63, 3.8) is 0 Å². The third kappa shape index (κ3) is 4.09. The molecule has 1 amide bonds. The van der Waals surface area contributed by atoms with E-state index in [9.17, 15) is 9.59 Å². The highest BCUT2D eigenvalue weighted by molar-refractivity contribution is 6.30. The van der Waals surface area contributed by atoms with Crippen molar-refractivity contribution in [3.8, 4) is 0 Å². The molecule has 1 aliphatic heterocycles. The van der Waals surface area contributed by atoms with Crippen molar-refractivity contribution >= 4 is 35.2 Å². The van der Waals surface area contributed by atoms with Crippen LogP contribution in [-0.4, -0.2) is 24.5 Å². The van der Waals surface area contributed by atoms with E-state index >= 15 is 0 Å². The molecular weight excluding hydrogens is 338 g/mol. The Morgan fingerprint density at radius 2 is 1.92 bits per heavy atom. The van der Waals surface area contributed by atoms with Gasteiger partial charge in [0.25, 0.3) is 5.91 Å². The maximum Gasteiger partial charge on any atom is 0.331 e. The van der Waals surface area contributed by atoms with Gasteiger partial charge < -0.3 is 9.64 Å².